The number of fused-ring (bicyclic) bond motifs is 1. The largest absolute Gasteiger partial charge is 0.482 e. The van der Waals surface area contributed by atoms with Crippen LogP contribution in [0.4, 0.5) is 0 Å². The van der Waals surface area contributed by atoms with Crippen LogP contribution in [0, 0.1) is 0 Å². The molecule has 6 nitrogen and oxygen atoms in total. The molecule has 0 radical (unpaired) electrons. The lowest BCUT2D eigenvalue weighted by atomic mass is 10.1. The molecule has 0 aliphatic heterocycles. The van der Waals surface area contributed by atoms with Gasteiger partial charge in [-0.15, -0.1) is 11.3 Å². The van der Waals surface area contributed by atoms with Crippen molar-refractivity contribution >= 4 is 39.4 Å². The Morgan fingerprint density at radius 1 is 1.07 bits per heavy atom. The van der Waals surface area contributed by atoms with Gasteiger partial charge in [-0.05, 0) is 60.7 Å². The molecule has 4 aromatic rings. The number of carbonyl (C=O) groups is 2. The van der Waals surface area contributed by atoms with E-state index in [4.69, 9.17) is 14.3 Å². The zero-order valence-electron chi connectivity index (χ0n) is 15.1. The van der Waals surface area contributed by atoms with Crippen molar-refractivity contribution < 1.29 is 23.8 Å². The van der Waals surface area contributed by atoms with Gasteiger partial charge in [0.05, 0.1) is 10.2 Å². The van der Waals surface area contributed by atoms with E-state index in [9.17, 15) is 9.59 Å². The predicted octanol–water partition coefficient (Wildman–Crippen LogP) is 4.92. The topological polar surface area (TPSA) is 89.6 Å². The summed E-state index contributed by atoms with van der Waals surface area (Å²) in [6, 6.07) is 17.8. The SMILES string of the molecule is O=C(O)COc1ccc(C(=O)/C=C/c2ccc(-c3nc4ccccc4s3)o2)cc1. The molecule has 0 amide bonds. The van der Waals surface area contributed by atoms with Gasteiger partial charge in [0.25, 0.3) is 0 Å². The summed E-state index contributed by atoms with van der Waals surface area (Å²) in [5.74, 6) is 0.330. The minimum absolute atomic E-state index is 0.201. The van der Waals surface area contributed by atoms with Crippen LogP contribution >= 0.6 is 11.3 Å². The molecular formula is C22H15NO5S. The number of thiazole rings is 1. The van der Waals surface area contributed by atoms with Gasteiger partial charge < -0.3 is 14.3 Å². The van der Waals surface area contributed by atoms with Crippen LogP contribution in [0.1, 0.15) is 16.1 Å². The van der Waals surface area contributed by atoms with Crippen molar-refractivity contribution in [2.24, 2.45) is 0 Å². The Morgan fingerprint density at radius 3 is 2.62 bits per heavy atom. The van der Waals surface area contributed by atoms with Crippen LogP contribution in [0.25, 0.3) is 27.1 Å². The number of carbonyl (C=O) groups excluding carboxylic acids is 1. The maximum atomic E-state index is 12.3. The normalized spacial score (nSPS) is 11.2. The molecule has 4 rings (SSSR count). The van der Waals surface area contributed by atoms with Crippen LogP contribution in [0.5, 0.6) is 5.75 Å². The molecule has 0 saturated heterocycles. The number of nitrogens with zero attached hydrogens (tertiary/aromatic N) is 1. The number of hydrogen-bond donors (Lipinski definition) is 1. The van der Waals surface area contributed by atoms with Gasteiger partial charge in [0.2, 0.25) is 0 Å². The monoisotopic (exact) mass is 405 g/mol. The Bertz CT molecular complexity index is 1170. The van der Waals surface area contributed by atoms with E-state index < -0.39 is 12.6 Å². The average molecular weight is 405 g/mol. The van der Waals surface area contributed by atoms with Crippen molar-refractivity contribution in [1.29, 1.82) is 0 Å². The van der Waals surface area contributed by atoms with Crippen LogP contribution < -0.4 is 4.74 Å². The highest BCUT2D eigenvalue weighted by atomic mass is 32.1. The smallest absolute Gasteiger partial charge is 0.341 e. The van der Waals surface area contributed by atoms with Gasteiger partial charge in [-0.2, -0.15) is 0 Å². The molecule has 1 N–H and O–H groups in total. The molecule has 2 heterocycles. The van der Waals surface area contributed by atoms with E-state index in [0.717, 1.165) is 15.2 Å². The van der Waals surface area contributed by atoms with Crippen LogP contribution in [0.2, 0.25) is 0 Å². The molecule has 7 heteroatoms. The minimum Gasteiger partial charge on any atom is -0.482 e. The van der Waals surface area contributed by atoms with E-state index in [2.05, 4.69) is 4.98 Å². The third-order valence-electron chi connectivity index (χ3n) is 4.03. The maximum Gasteiger partial charge on any atom is 0.341 e. The van der Waals surface area contributed by atoms with Crippen molar-refractivity contribution in [1.82, 2.24) is 4.98 Å². The number of rotatable bonds is 7. The lowest BCUT2D eigenvalue weighted by molar-refractivity contribution is -0.139. The second-order valence-electron chi connectivity index (χ2n) is 6.09. The Labute approximate surface area is 169 Å². The molecule has 0 spiro atoms. The number of carboxylic acids is 1. The van der Waals surface area contributed by atoms with E-state index in [1.807, 2.05) is 30.3 Å². The van der Waals surface area contributed by atoms with E-state index in [0.29, 0.717) is 22.8 Å². The lowest BCUT2D eigenvalue weighted by Gasteiger charge is -2.03. The van der Waals surface area contributed by atoms with Gasteiger partial charge in [-0.3, -0.25) is 4.79 Å². The molecule has 0 unspecified atom stereocenters. The van der Waals surface area contributed by atoms with E-state index in [1.165, 1.54) is 6.08 Å². The summed E-state index contributed by atoms with van der Waals surface area (Å²) in [4.78, 5) is 27.4. The van der Waals surface area contributed by atoms with Crippen LogP contribution in [0.3, 0.4) is 0 Å². The third-order valence-corrected chi connectivity index (χ3v) is 5.08. The fourth-order valence-electron chi connectivity index (χ4n) is 2.65. The first kappa shape index (κ1) is 18.6. The summed E-state index contributed by atoms with van der Waals surface area (Å²) < 4.78 is 11.9. The molecule has 0 atom stereocenters. The first-order valence-electron chi connectivity index (χ1n) is 8.71. The van der Waals surface area contributed by atoms with Crippen molar-refractivity contribution in [2.75, 3.05) is 6.61 Å². The second-order valence-corrected chi connectivity index (χ2v) is 7.12. The molecule has 0 aliphatic rings. The maximum absolute atomic E-state index is 12.3. The number of hydrogen-bond acceptors (Lipinski definition) is 6. The Kier molecular flexibility index (Phi) is 5.22. The molecule has 2 aromatic heterocycles. The summed E-state index contributed by atoms with van der Waals surface area (Å²) in [5, 5.41) is 9.39. The third kappa shape index (κ3) is 4.41. The van der Waals surface area contributed by atoms with Crippen molar-refractivity contribution in [2.45, 2.75) is 0 Å². The van der Waals surface area contributed by atoms with E-state index in [-0.39, 0.29) is 5.78 Å². The number of benzene rings is 2. The first-order valence-corrected chi connectivity index (χ1v) is 9.53. The zero-order valence-corrected chi connectivity index (χ0v) is 15.9. The number of carboxylic acid groups (broad SMARTS) is 1. The fraction of sp³-hybridized carbons (Fsp3) is 0.0455. The molecular weight excluding hydrogens is 390 g/mol. The van der Waals surface area contributed by atoms with Gasteiger partial charge >= 0.3 is 5.97 Å². The standard InChI is InChI=1S/C22H15NO5S/c24-18(14-5-7-15(8-6-14)27-13-21(25)26)11-9-16-10-12-19(28-16)22-23-17-3-1-2-4-20(17)29-22/h1-12H,13H2,(H,25,26)/b11-9+. The Hall–Kier alpha value is -3.71. The van der Waals surface area contributed by atoms with Gasteiger partial charge in [0.15, 0.2) is 23.2 Å². The lowest BCUT2D eigenvalue weighted by Crippen LogP contribution is -2.09. The molecule has 29 heavy (non-hydrogen) atoms. The second kappa shape index (κ2) is 8.12. The van der Waals surface area contributed by atoms with E-state index >= 15 is 0 Å². The number of furan rings is 1. The summed E-state index contributed by atoms with van der Waals surface area (Å²) in [5.41, 5.74) is 1.38. The zero-order chi connectivity index (χ0) is 20.2. The Balaban J connectivity index is 1.44. The van der Waals surface area contributed by atoms with Crippen molar-refractivity contribution in [3.63, 3.8) is 0 Å². The number of aromatic nitrogens is 1. The fourth-order valence-corrected chi connectivity index (χ4v) is 3.58. The minimum atomic E-state index is -1.06. The number of aliphatic carboxylic acids is 1. The van der Waals surface area contributed by atoms with Crippen LogP contribution in [-0.4, -0.2) is 28.4 Å². The van der Waals surface area contributed by atoms with Gasteiger partial charge in [0.1, 0.15) is 11.5 Å². The Morgan fingerprint density at radius 2 is 1.86 bits per heavy atom. The summed E-state index contributed by atoms with van der Waals surface area (Å²) in [6.07, 6.45) is 3.03. The first-order chi connectivity index (χ1) is 14.1. The summed E-state index contributed by atoms with van der Waals surface area (Å²) in [6.45, 7) is -0.428. The van der Waals surface area contributed by atoms with Crippen molar-refractivity contribution in [3.8, 4) is 16.5 Å². The highest BCUT2D eigenvalue weighted by Crippen LogP contribution is 2.31. The molecule has 0 aliphatic carbocycles. The quantitative estimate of drug-likeness (QED) is 0.347. The van der Waals surface area contributed by atoms with Crippen molar-refractivity contribution in [3.05, 3.63) is 78.1 Å². The highest BCUT2D eigenvalue weighted by Gasteiger charge is 2.10. The molecule has 0 saturated carbocycles. The number of para-hydroxylation sites is 1. The number of ether oxygens (including phenoxy) is 1. The number of ketones is 1. The van der Waals surface area contributed by atoms with Gasteiger partial charge in [-0.1, -0.05) is 12.1 Å². The molecule has 0 fully saturated rings. The predicted molar refractivity (Wildman–Crippen MR) is 110 cm³/mol. The molecule has 0 bridgehead atoms. The number of allylic oxidation sites excluding steroid dienone is 1. The van der Waals surface area contributed by atoms with Gasteiger partial charge in [-0.25, -0.2) is 9.78 Å². The highest BCUT2D eigenvalue weighted by molar-refractivity contribution is 7.21. The average Bonchev–Trinajstić information content (AvgIpc) is 3.37. The van der Waals surface area contributed by atoms with Gasteiger partial charge in [0, 0.05) is 5.56 Å². The van der Waals surface area contributed by atoms with Crippen LogP contribution in [-0.2, 0) is 4.79 Å². The summed E-state index contributed by atoms with van der Waals surface area (Å²) in [7, 11) is 0. The van der Waals surface area contributed by atoms with Crippen LogP contribution in [0.15, 0.2) is 71.2 Å². The van der Waals surface area contributed by atoms with E-state index in [1.54, 1.807) is 47.7 Å². The molecule has 144 valence electrons. The summed E-state index contributed by atoms with van der Waals surface area (Å²) >= 11 is 1.55. The molecule has 2 aromatic carbocycles.